The summed E-state index contributed by atoms with van der Waals surface area (Å²) in [5.74, 6) is -0.484. The molecule has 1 saturated heterocycles. The van der Waals surface area contributed by atoms with E-state index >= 15 is 0 Å². The molecule has 2 unspecified atom stereocenters. The fourth-order valence-corrected chi connectivity index (χ4v) is 2.48. The molecule has 0 aromatic carbocycles. The summed E-state index contributed by atoms with van der Waals surface area (Å²) in [4.78, 5) is 28.6. The standard InChI is InChI=1S/C12H18N4O4/c1-8-3-2-6-16(10(8)11(17)18)12(19)13-5-4-9-14-7-20-15-9/h7-8,10H,2-6H2,1H3,(H,13,19)(H,17,18). The Kier molecular flexibility index (Phi) is 4.54. The van der Waals surface area contributed by atoms with Gasteiger partial charge in [0, 0.05) is 19.5 Å². The molecule has 0 saturated carbocycles. The number of piperidine rings is 1. The van der Waals surface area contributed by atoms with E-state index in [1.807, 2.05) is 6.92 Å². The smallest absolute Gasteiger partial charge is 0.326 e. The van der Waals surface area contributed by atoms with Crippen LogP contribution in [0.2, 0.25) is 0 Å². The molecule has 0 aliphatic carbocycles. The van der Waals surface area contributed by atoms with Crippen molar-refractivity contribution in [2.45, 2.75) is 32.2 Å². The summed E-state index contributed by atoms with van der Waals surface area (Å²) in [6.45, 7) is 2.67. The molecule has 1 fully saturated rings. The molecule has 0 bridgehead atoms. The van der Waals surface area contributed by atoms with Crippen LogP contribution in [0.5, 0.6) is 0 Å². The lowest BCUT2D eigenvalue weighted by Gasteiger charge is -2.37. The molecular formula is C12H18N4O4. The summed E-state index contributed by atoms with van der Waals surface area (Å²) in [7, 11) is 0. The molecule has 20 heavy (non-hydrogen) atoms. The van der Waals surface area contributed by atoms with Crippen molar-refractivity contribution in [3.8, 4) is 0 Å². The van der Waals surface area contributed by atoms with Gasteiger partial charge < -0.3 is 19.8 Å². The summed E-state index contributed by atoms with van der Waals surface area (Å²) in [5.41, 5.74) is 0. The van der Waals surface area contributed by atoms with E-state index in [0.717, 1.165) is 12.8 Å². The van der Waals surface area contributed by atoms with E-state index in [1.165, 1.54) is 11.3 Å². The minimum absolute atomic E-state index is 0.0378. The average Bonchev–Trinajstić information content (AvgIpc) is 2.91. The molecule has 0 spiro atoms. The van der Waals surface area contributed by atoms with Gasteiger partial charge in [-0.25, -0.2) is 9.59 Å². The van der Waals surface area contributed by atoms with Gasteiger partial charge in [-0.2, -0.15) is 4.98 Å². The lowest BCUT2D eigenvalue weighted by molar-refractivity contribution is -0.145. The van der Waals surface area contributed by atoms with Crippen molar-refractivity contribution in [3.05, 3.63) is 12.2 Å². The van der Waals surface area contributed by atoms with E-state index in [2.05, 4.69) is 20.0 Å². The van der Waals surface area contributed by atoms with Crippen molar-refractivity contribution in [1.82, 2.24) is 20.4 Å². The minimum Gasteiger partial charge on any atom is -0.480 e. The van der Waals surface area contributed by atoms with Crippen LogP contribution >= 0.6 is 0 Å². The molecule has 1 aromatic heterocycles. The van der Waals surface area contributed by atoms with Gasteiger partial charge in [0.2, 0.25) is 6.39 Å². The number of carbonyl (C=O) groups is 2. The predicted molar refractivity (Wildman–Crippen MR) is 67.9 cm³/mol. The summed E-state index contributed by atoms with van der Waals surface area (Å²) in [5, 5.41) is 15.6. The molecule has 8 nitrogen and oxygen atoms in total. The van der Waals surface area contributed by atoms with Gasteiger partial charge in [-0.1, -0.05) is 12.1 Å². The van der Waals surface area contributed by atoms with Gasteiger partial charge in [0.05, 0.1) is 0 Å². The van der Waals surface area contributed by atoms with Gasteiger partial charge in [0.1, 0.15) is 6.04 Å². The SMILES string of the molecule is CC1CCCN(C(=O)NCCc2ncon2)C1C(=O)O. The maximum Gasteiger partial charge on any atom is 0.326 e. The monoisotopic (exact) mass is 282 g/mol. The van der Waals surface area contributed by atoms with Crippen LogP contribution in [0.25, 0.3) is 0 Å². The van der Waals surface area contributed by atoms with Gasteiger partial charge in [-0.15, -0.1) is 0 Å². The molecule has 2 amide bonds. The Labute approximate surface area is 116 Å². The number of likely N-dealkylation sites (tertiary alicyclic amines) is 1. The molecule has 1 aliphatic rings. The zero-order valence-electron chi connectivity index (χ0n) is 11.3. The molecular weight excluding hydrogens is 264 g/mol. The molecule has 2 rings (SSSR count). The highest BCUT2D eigenvalue weighted by molar-refractivity contribution is 5.83. The highest BCUT2D eigenvalue weighted by atomic mass is 16.5. The summed E-state index contributed by atoms with van der Waals surface area (Å²) in [6, 6.07) is -1.11. The second-order valence-electron chi connectivity index (χ2n) is 4.93. The number of nitrogens with one attached hydrogen (secondary N) is 1. The van der Waals surface area contributed by atoms with Crippen LogP contribution < -0.4 is 5.32 Å². The van der Waals surface area contributed by atoms with Gasteiger partial charge in [0.15, 0.2) is 5.82 Å². The van der Waals surface area contributed by atoms with Crippen molar-refractivity contribution >= 4 is 12.0 Å². The van der Waals surface area contributed by atoms with E-state index in [4.69, 9.17) is 0 Å². The second-order valence-corrected chi connectivity index (χ2v) is 4.93. The average molecular weight is 282 g/mol. The van der Waals surface area contributed by atoms with Crippen LogP contribution in [0.1, 0.15) is 25.6 Å². The Bertz CT molecular complexity index is 462. The minimum atomic E-state index is -0.953. The molecule has 2 N–H and O–H groups in total. The molecule has 0 radical (unpaired) electrons. The first-order valence-electron chi connectivity index (χ1n) is 6.62. The zero-order valence-corrected chi connectivity index (χ0v) is 11.3. The Morgan fingerprint density at radius 3 is 3.05 bits per heavy atom. The molecule has 1 aromatic rings. The number of carbonyl (C=O) groups excluding carboxylic acids is 1. The van der Waals surface area contributed by atoms with Crippen LogP contribution in [-0.4, -0.2) is 51.3 Å². The van der Waals surface area contributed by atoms with E-state index in [0.29, 0.717) is 25.3 Å². The van der Waals surface area contributed by atoms with Crippen LogP contribution in [-0.2, 0) is 11.2 Å². The summed E-state index contributed by atoms with van der Waals surface area (Å²) < 4.78 is 4.59. The number of aromatic nitrogens is 2. The van der Waals surface area contributed by atoms with Crippen molar-refractivity contribution in [3.63, 3.8) is 0 Å². The topological polar surface area (TPSA) is 109 Å². The van der Waals surface area contributed by atoms with Gasteiger partial charge in [-0.05, 0) is 18.8 Å². The fraction of sp³-hybridized carbons (Fsp3) is 0.667. The highest BCUT2D eigenvalue weighted by Gasteiger charge is 2.36. The number of carboxylic acid groups (broad SMARTS) is 1. The van der Waals surface area contributed by atoms with Crippen LogP contribution in [0.15, 0.2) is 10.9 Å². The molecule has 2 heterocycles. The second kappa shape index (κ2) is 6.36. The number of carboxylic acids is 1. The van der Waals surface area contributed by atoms with E-state index in [1.54, 1.807) is 0 Å². The van der Waals surface area contributed by atoms with E-state index < -0.39 is 12.0 Å². The number of aliphatic carboxylic acids is 1. The van der Waals surface area contributed by atoms with Gasteiger partial charge in [0.25, 0.3) is 0 Å². The Morgan fingerprint density at radius 2 is 2.40 bits per heavy atom. The number of amides is 2. The third-order valence-corrected chi connectivity index (χ3v) is 3.48. The number of rotatable bonds is 4. The fourth-order valence-electron chi connectivity index (χ4n) is 2.48. The van der Waals surface area contributed by atoms with Crippen LogP contribution in [0.4, 0.5) is 4.79 Å². The molecule has 2 atom stereocenters. The lowest BCUT2D eigenvalue weighted by Crippen LogP contribution is -2.55. The summed E-state index contributed by atoms with van der Waals surface area (Å²) >= 11 is 0. The Balaban J connectivity index is 1.88. The Morgan fingerprint density at radius 1 is 1.60 bits per heavy atom. The van der Waals surface area contributed by atoms with E-state index in [-0.39, 0.29) is 11.9 Å². The molecule has 8 heteroatoms. The first-order valence-corrected chi connectivity index (χ1v) is 6.62. The number of urea groups is 1. The van der Waals surface area contributed by atoms with Gasteiger partial charge in [-0.3, -0.25) is 0 Å². The third kappa shape index (κ3) is 3.25. The molecule has 1 aliphatic heterocycles. The first kappa shape index (κ1) is 14.3. The van der Waals surface area contributed by atoms with Gasteiger partial charge >= 0.3 is 12.0 Å². The normalized spacial score (nSPS) is 22.6. The van der Waals surface area contributed by atoms with E-state index in [9.17, 15) is 14.7 Å². The van der Waals surface area contributed by atoms with Crippen LogP contribution in [0.3, 0.4) is 0 Å². The van der Waals surface area contributed by atoms with Crippen LogP contribution in [0, 0.1) is 5.92 Å². The maximum atomic E-state index is 12.1. The first-order chi connectivity index (χ1) is 9.59. The Hall–Kier alpha value is -2.12. The maximum absolute atomic E-state index is 12.1. The van der Waals surface area contributed by atoms with Crippen molar-refractivity contribution < 1.29 is 19.2 Å². The third-order valence-electron chi connectivity index (χ3n) is 3.48. The predicted octanol–water partition coefficient (Wildman–Crippen LogP) is 0.507. The number of nitrogens with zero attached hydrogens (tertiary/aromatic N) is 3. The van der Waals surface area contributed by atoms with Crippen molar-refractivity contribution in [2.75, 3.05) is 13.1 Å². The number of hydrogen-bond acceptors (Lipinski definition) is 5. The number of hydrogen-bond donors (Lipinski definition) is 2. The molecule has 110 valence electrons. The summed E-state index contributed by atoms with van der Waals surface area (Å²) in [6.07, 6.45) is 3.32. The van der Waals surface area contributed by atoms with Crippen molar-refractivity contribution in [1.29, 1.82) is 0 Å². The quantitative estimate of drug-likeness (QED) is 0.832. The largest absolute Gasteiger partial charge is 0.480 e. The lowest BCUT2D eigenvalue weighted by atomic mass is 9.91. The van der Waals surface area contributed by atoms with Crippen molar-refractivity contribution in [2.24, 2.45) is 5.92 Å². The zero-order chi connectivity index (χ0) is 14.5. The highest BCUT2D eigenvalue weighted by Crippen LogP contribution is 2.23.